The maximum atomic E-state index is 11.2. The summed E-state index contributed by atoms with van der Waals surface area (Å²) in [5, 5.41) is 5.96. The highest BCUT2D eigenvalue weighted by Gasteiger charge is 2.15. The maximum Gasteiger partial charge on any atom is 0.407 e. The van der Waals surface area contributed by atoms with Crippen molar-refractivity contribution in [3.8, 4) is 0 Å². The lowest BCUT2D eigenvalue weighted by Gasteiger charge is -2.22. The van der Waals surface area contributed by atoms with E-state index in [-0.39, 0.29) is 11.6 Å². The molecule has 0 bridgehead atoms. The summed E-state index contributed by atoms with van der Waals surface area (Å²) < 4.78 is 5.09. The van der Waals surface area contributed by atoms with Crippen LogP contribution in [0.4, 0.5) is 4.79 Å². The Balaban J connectivity index is 3.57. The van der Waals surface area contributed by atoms with Crippen LogP contribution in [-0.2, 0) is 4.74 Å². The van der Waals surface area contributed by atoms with Gasteiger partial charge in [-0.2, -0.15) is 0 Å². The Morgan fingerprint density at radius 1 is 1.07 bits per heavy atom. The third-order valence-corrected chi connectivity index (χ3v) is 1.45. The van der Waals surface area contributed by atoms with Crippen molar-refractivity contribution in [1.82, 2.24) is 10.6 Å². The molecule has 0 spiro atoms. The van der Waals surface area contributed by atoms with E-state index in [0.717, 1.165) is 6.54 Å². The molecule has 0 atom stereocenters. The fraction of sp³-hybridized carbons (Fsp3) is 0.909. The van der Waals surface area contributed by atoms with Gasteiger partial charge in [-0.25, -0.2) is 4.79 Å². The van der Waals surface area contributed by atoms with Gasteiger partial charge < -0.3 is 15.4 Å². The van der Waals surface area contributed by atoms with Crippen molar-refractivity contribution in [2.24, 2.45) is 0 Å². The zero-order valence-corrected chi connectivity index (χ0v) is 10.7. The van der Waals surface area contributed by atoms with E-state index in [1.54, 1.807) is 0 Å². The lowest BCUT2D eigenvalue weighted by atomic mass is 10.1. The molecule has 0 rings (SSSR count). The van der Waals surface area contributed by atoms with Crippen LogP contribution in [0.25, 0.3) is 0 Å². The van der Waals surface area contributed by atoms with E-state index in [1.165, 1.54) is 0 Å². The summed E-state index contributed by atoms with van der Waals surface area (Å²) in [4.78, 5) is 11.2. The zero-order chi connectivity index (χ0) is 12.1. The molecule has 0 unspecified atom stereocenters. The van der Waals surface area contributed by atoms with Gasteiger partial charge in [0, 0.05) is 18.6 Å². The molecule has 0 saturated heterocycles. The van der Waals surface area contributed by atoms with Gasteiger partial charge in [-0.05, 0) is 41.5 Å². The van der Waals surface area contributed by atoms with Crippen LogP contribution < -0.4 is 10.6 Å². The van der Waals surface area contributed by atoms with Gasteiger partial charge in [0.15, 0.2) is 0 Å². The third-order valence-electron chi connectivity index (χ3n) is 1.45. The predicted molar refractivity (Wildman–Crippen MR) is 62.0 cm³/mol. The number of carbonyl (C=O) groups is 1. The van der Waals surface area contributed by atoms with Gasteiger partial charge in [-0.15, -0.1) is 0 Å². The minimum Gasteiger partial charge on any atom is -0.444 e. The van der Waals surface area contributed by atoms with Crippen LogP contribution in [0.5, 0.6) is 0 Å². The molecule has 0 saturated carbocycles. The number of nitrogens with one attached hydrogen (secondary N) is 2. The second-order valence-corrected chi connectivity index (χ2v) is 5.61. The molecule has 15 heavy (non-hydrogen) atoms. The molecule has 4 nitrogen and oxygen atoms in total. The van der Waals surface area contributed by atoms with E-state index in [0.29, 0.717) is 6.54 Å². The Bertz CT molecular complexity index is 202. The van der Waals surface area contributed by atoms with Gasteiger partial charge in [-0.3, -0.25) is 0 Å². The molecule has 90 valence electrons. The molecule has 4 heteroatoms. The highest BCUT2D eigenvalue weighted by molar-refractivity contribution is 5.67. The smallest absolute Gasteiger partial charge is 0.407 e. The highest BCUT2D eigenvalue weighted by atomic mass is 16.6. The minimum atomic E-state index is -0.429. The van der Waals surface area contributed by atoms with Gasteiger partial charge in [0.05, 0.1) is 0 Å². The second-order valence-electron chi connectivity index (χ2n) is 5.61. The average Bonchev–Trinajstić information content (AvgIpc) is 1.92. The van der Waals surface area contributed by atoms with Gasteiger partial charge in [0.2, 0.25) is 0 Å². The van der Waals surface area contributed by atoms with Crippen LogP contribution in [0.3, 0.4) is 0 Å². The number of hydrogen-bond acceptors (Lipinski definition) is 3. The summed E-state index contributed by atoms with van der Waals surface area (Å²) >= 11 is 0. The molecule has 0 aliphatic rings. The summed E-state index contributed by atoms with van der Waals surface area (Å²) in [6.07, 6.45) is -0.363. The van der Waals surface area contributed by atoms with Crippen molar-refractivity contribution in [2.45, 2.75) is 52.7 Å². The summed E-state index contributed by atoms with van der Waals surface area (Å²) in [7, 11) is 0. The fourth-order valence-electron chi connectivity index (χ4n) is 0.916. The molecule has 0 fully saturated rings. The quantitative estimate of drug-likeness (QED) is 0.708. The van der Waals surface area contributed by atoms with Crippen molar-refractivity contribution < 1.29 is 9.53 Å². The van der Waals surface area contributed by atoms with E-state index in [1.807, 2.05) is 20.8 Å². The van der Waals surface area contributed by atoms with Crippen LogP contribution >= 0.6 is 0 Å². The Morgan fingerprint density at radius 3 is 2.00 bits per heavy atom. The SMILES string of the molecule is CC(C)(C)NCCNC(=O)OC(C)(C)C. The first-order valence-electron chi connectivity index (χ1n) is 5.32. The lowest BCUT2D eigenvalue weighted by Crippen LogP contribution is -2.42. The second kappa shape index (κ2) is 5.35. The van der Waals surface area contributed by atoms with Crippen molar-refractivity contribution in [3.63, 3.8) is 0 Å². The first-order valence-corrected chi connectivity index (χ1v) is 5.32. The van der Waals surface area contributed by atoms with Gasteiger partial charge in [0.1, 0.15) is 5.60 Å². The van der Waals surface area contributed by atoms with E-state index in [4.69, 9.17) is 4.74 Å². The van der Waals surface area contributed by atoms with Gasteiger partial charge in [0.25, 0.3) is 0 Å². The average molecular weight is 216 g/mol. The normalized spacial score (nSPS) is 12.4. The molecular formula is C11H24N2O2. The molecule has 0 radical (unpaired) electrons. The molecule has 0 aromatic heterocycles. The molecule has 0 heterocycles. The fourth-order valence-corrected chi connectivity index (χ4v) is 0.916. The van der Waals surface area contributed by atoms with E-state index < -0.39 is 5.60 Å². The lowest BCUT2D eigenvalue weighted by molar-refractivity contribution is 0.0527. The summed E-state index contributed by atoms with van der Waals surface area (Å²) in [5.74, 6) is 0. The molecule has 2 N–H and O–H groups in total. The topological polar surface area (TPSA) is 50.4 Å². The number of ether oxygens (including phenoxy) is 1. The predicted octanol–water partition coefficient (Wildman–Crippen LogP) is 1.90. The first kappa shape index (κ1) is 14.2. The maximum absolute atomic E-state index is 11.2. The molecule has 0 aromatic rings. The largest absolute Gasteiger partial charge is 0.444 e. The van der Waals surface area contributed by atoms with E-state index in [9.17, 15) is 4.79 Å². The van der Waals surface area contributed by atoms with Crippen molar-refractivity contribution >= 4 is 6.09 Å². The Kier molecular flexibility index (Phi) is 5.08. The molecule has 0 aliphatic heterocycles. The number of alkyl carbamates (subject to hydrolysis) is 1. The van der Waals surface area contributed by atoms with Gasteiger partial charge >= 0.3 is 6.09 Å². The van der Waals surface area contributed by atoms with Crippen molar-refractivity contribution in [1.29, 1.82) is 0 Å². The van der Waals surface area contributed by atoms with Crippen LogP contribution in [0.15, 0.2) is 0 Å². The van der Waals surface area contributed by atoms with Crippen LogP contribution in [-0.4, -0.2) is 30.3 Å². The van der Waals surface area contributed by atoms with E-state index in [2.05, 4.69) is 31.4 Å². The molecule has 0 aromatic carbocycles. The van der Waals surface area contributed by atoms with Crippen molar-refractivity contribution in [2.75, 3.05) is 13.1 Å². The standard InChI is InChI=1S/C11H24N2O2/c1-10(2,3)13-8-7-12-9(14)15-11(4,5)6/h13H,7-8H2,1-6H3,(H,12,14). The molecule has 1 amide bonds. The van der Waals surface area contributed by atoms with Crippen molar-refractivity contribution in [3.05, 3.63) is 0 Å². The number of hydrogen-bond donors (Lipinski definition) is 2. The number of amides is 1. The number of carbonyl (C=O) groups excluding carboxylic acids is 1. The zero-order valence-electron chi connectivity index (χ0n) is 10.7. The molecular weight excluding hydrogens is 192 g/mol. The van der Waals surface area contributed by atoms with Crippen LogP contribution in [0, 0.1) is 0 Å². The van der Waals surface area contributed by atoms with Crippen LogP contribution in [0.1, 0.15) is 41.5 Å². The Labute approximate surface area is 92.8 Å². The molecule has 0 aliphatic carbocycles. The third kappa shape index (κ3) is 11.2. The summed E-state index contributed by atoms with van der Waals surface area (Å²) in [6, 6.07) is 0. The van der Waals surface area contributed by atoms with E-state index >= 15 is 0 Å². The summed E-state index contributed by atoms with van der Waals surface area (Å²) in [5.41, 5.74) is -0.350. The Hall–Kier alpha value is -0.770. The highest BCUT2D eigenvalue weighted by Crippen LogP contribution is 2.06. The van der Waals surface area contributed by atoms with Gasteiger partial charge in [-0.1, -0.05) is 0 Å². The number of rotatable bonds is 3. The first-order chi connectivity index (χ1) is 6.60. The Morgan fingerprint density at radius 2 is 1.60 bits per heavy atom. The van der Waals surface area contributed by atoms with Crippen LogP contribution in [0.2, 0.25) is 0 Å². The monoisotopic (exact) mass is 216 g/mol. The summed E-state index contributed by atoms with van der Waals surface area (Å²) in [6.45, 7) is 13.1. The minimum absolute atomic E-state index is 0.0790.